The van der Waals surface area contributed by atoms with Crippen LogP contribution >= 0.6 is 11.3 Å². The molecule has 1 aromatic heterocycles. The van der Waals surface area contributed by atoms with Gasteiger partial charge in [0, 0.05) is 38.3 Å². The van der Waals surface area contributed by atoms with E-state index in [0.717, 1.165) is 0 Å². The van der Waals surface area contributed by atoms with E-state index in [1.54, 1.807) is 13.3 Å². The first-order valence-electron chi connectivity index (χ1n) is 7.27. The van der Waals surface area contributed by atoms with E-state index in [-0.39, 0.29) is 5.91 Å². The molecule has 1 saturated heterocycles. The van der Waals surface area contributed by atoms with Crippen LogP contribution in [0.1, 0.15) is 12.8 Å². The predicted molar refractivity (Wildman–Crippen MR) is 89.0 cm³/mol. The highest BCUT2D eigenvalue weighted by atomic mass is 32.2. The Balaban J connectivity index is 2.11. The van der Waals surface area contributed by atoms with Gasteiger partial charge in [-0.2, -0.15) is 0 Å². The number of hydrogen-bond donors (Lipinski definition) is 2. The Morgan fingerprint density at radius 1 is 1.48 bits per heavy atom. The summed E-state index contributed by atoms with van der Waals surface area (Å²) in [5.74, 6) is -0.155. The van der Waals surface area contributed by atoms with Crippen LogP contribution in [0.4, 0.5) is 5.13 Å². The first-order chi connectivity index (χ1) is 10.9. The second kappa shape index (κ2) is 7.56. The lowest BCUT2D eigenvalue weighted by Crippen LogP contribution is -2.59. The van der Waals surface area contributed by atoms with Crippen LogP contribution in [0, 0.1) is 0 Å². The summed E-state index contributed by atoms with van der Waals surface area (Å²) in [6.07, 6.45) is 3.62. The molecule has 1 fully saturated rings. The van der Waals surface area contributed by atoms with Crippen LogP contribution in [0.2, 0.25) is 0 Å². The number of methoxy groups -OCH3 is 1. The summed E-state index contributed by atoms with van der Waals surface area (Å²) in [6, 6.07) is 0. The predicted octanol–water partition coefficient (Wildman–Crippen LogP) is 0.112. The van der Waals surface area contributed by atoms with Gasteiger partial charge in [0.05, 0.1) is 12.9 Å². The van der Waals surface area contributed by atoms with E-state index >= 15 is 0 Å². The molecule has 0 spiro atoms. The number of aromatic nitrogens is 1. The van der Waals surface area contributed by atoms with Crippen LogP contribution in [0.5, 0.6) is 0 Å². The number of piperidine rings is 1. The zero-order valence-electron chi connectivity index (χ0n) is 13.2. The minimum atomic E-state index is -3.24. The lowest BCUT2D eigenvalue weighted by molar-refractivity contribution is -0.126. The highest BCUT2D eigenvalue weighted by molar-refractivity contribution is 7.88. The molecule has 0 radical (unpaired) electrons. The second-order valence-corrected chi connectivity index (χ2v) is 8.33. The maximum absolute atomic E-state index is 12.7. The fourth-order valence-electron chi connectivity index (χ4n) is 2.53. The lowest BCUT2D eigenvalue weighted by atomic mass is 9.87. The molecular weight excluding hydrogens is 340 g/mol. The van der Waals surface area contributed by atoms with Gasteiger partial charge in [0.15, 0.2) is 5.13 Å². The normalized spacial score (nSPS) is 18.5. The van der Waals surface area contributed by atoms with Crippen molar-refractivity contribution < 1.29 is 17.9 Å². The Hall–Kier alpha value is -1.23. The summed E-state index contributed by atoms with van der Waals surface area (Å²) in [5.41, 5.74) is -0.854. The molecule has 8 nitrogen and oxygen atoms in total. The third-order valence-corrected chi connectivity index (χ3v) is 5.84. The van der Waals surface area contributed by atoms with Crippen LogP contribution < -0.4 is 10.6 Å². The molecule has 0 atom stereocenters. The molecule has 0 aromatic carbocycles. The monoisotopic (exact) mass is 362 g/mol. The lowest BCUT2D eigenvalue weighted by Gasteiger charge is -2.40. The van der Waals surface area contributed by atoms with Gasteiger partial charge in [-0.25, -0.2) is 17.7 Å². The number of amides is 1. The van der Waals surface area contributed by atoms with Gasteiger partial charge in [0.2, 0.25) is 15.9 Å². The molecule has 0 aliphatic carbocycles. The Kier molecular flexibility index (Phi) is 5.95. The van der Waals surface area contributed by atoms with Crippen molar-refractivity contribution in [2.24, 2.45) is 0 Å². The van der Waals surface area contributed by atoms with E-state index in [4.69, 9.17) is 4.74 Å². The standard InChI is InChI=1S/C13H22N4O4S2/c1-21-9-5-14-11(18)13(16-12-15-6-10-22-12)3-7-17(8-4-13)23(2,19)20/h6,10H,3-5,7-9H2,1-2H3,(H,14,18)(H,15,16). The number of hydrogen-bond acceptors (Lipinski definition) is 7. The average Bonchev–Trinajstić information content (AvgIpc) is 2.99. The highest BCUT2D eigenvalue weighted by Gasteiger charge is 2.43. The van der Waals surface area contributed by atoms with E-state index in [1.165, 1.54) is 21.9 Å². The third kappa shape index (κ3) is 4.63. The Labute approximate surface area is 140 Å². The van der Waals surface area contributed by atoms with Crippen molar-refractivity contribution in [1.82, 2.24) is 14.6 Å². The number of carbonyl (C=O) groups excluding carboxylic acids is 1. The van der Waals surface area contributed by atoms with Crippen molar-refractivity contribution in [1.29, 1.82) is 0 Å². The van der Waals surface area contributed by atoms with Gasteiger partial charge in [0.1, 0.15) is 5.54 Å². The van der Waals surface area contributed by atoms with Gasteiger partial charge in [-0.15, -0.1) is 11.3 Å². The maximum atomic E-state index is 12.7. The summed E-state index contributed by atoms with van der Waals surface area (Å²) in [4.78, 5) is 16.8. The fourth-order valence-corrected chi connectivity index (χ4v) is 4.01. The SMILES string of the molecule is COCCNC(=O)C1(Nc2nccs2)CCN(S(C)(=O)=O)CC1. The number of carbonyl (C=O) groups is 1. The number of ether oxygens (including phenoxy) is 1. The molecule has 1 amide bonds. The van der Waals surface area contributed by atoms with Crippen molar-refractivity contribution in [2.45, 2.75) is 18.4 Å². The summed E-state index contributed by atoms with van der Waals surface area (Å²) in [6.45, 7) is 1.44. The van der Waals surface area contributed by atoms with Gasteiger partial charge in [-0.05, 0) is 12.8 Å². The quantitative estimate of drug-likeness (QED) is 0.668. The van der Waals surface area contributed by atoms with E-state index in [0.29, 0.717) is 44.2 Å². The highest BCUT2D eigenvalue weighted by Crippen LogP contribution is 2.29. The molecule has 2 heterocycles. The van der Waals surface area contributed by atoms with Crippen LogP contribution in [-0.2, 0) is 19.6 Å². The summed E-state index contributed by atoms with van der Waals surface area (Å²) in [7, 11) is -1.67. The van der Waals surface area contributed by atoms with Crippen LogP contribution in [0.25, 0.3) is 0 Å². The zero-order chi connectivity index (χ0) is 16.9. The van der Waals surface area contributed by atoms with Crippen molar-refractivity contribution in [2.75, 3.05) is 44.9 Å². The molecule has 0 saturated carbocycles. The molecule has 2 rings (SSSR count). The number of rotatable bonds is 7. The Bertz CT molecular complexity index is 610. The summed E-state index contributed by atoms with van der Waals surface area (Å²) < 4.78 is 29.7. The number of anilines is 1. The molecule has 130 valence electrons. The topological polar surface area (TPSA) is 101 Å². The van der Waals surface area contributed by atoms with Gasteiger partial charge in [-0.3, -0.25) is 4.79 Å². The number of nitrogens with zero attached hydrogens (tertiary/aromatic N) is 2. The smallest absolute Gasteiger partial charge is 0.245 e. The van der Waals surface area contributed by atoms with Crippen molar-refractivity contribution in [3.05, 3.63) is 11.6 Å². The number of thiazole rings is 1. The first-order valence-corrected chi connectivity index (χ1v) is 10.0. The van der Waals surface area contributed by atoms with E-state index in [1.807, 2.05) is 5.38 Å². The first kappa shape index (κ1) is 18.1. The Morgan fingerprint density at radius 3 is 2.70 bits per heavy atom. The van der Waals surface area contributed by atoms with Crippen molar-refractivity contribution in [3.8, 4) is 0 Å². The van der Waals surface area contributed by atoms with Crippen molar-refractivity contribution in [3.63, 3.8) is 0 Å². The van der Waals surface area contributed by atoms with Crippen molar-refractivity contribution >= 4 is 32.4 Å². The second-order valence-electron chi connectivity index (χ2n) is 5.46. The minimum Gasteiger partial charge on any atom is -0.383 e. The molecule has 10 heteroatoms. The van der Waals surface area contributed by atoms with Gasteiger partial charge in [0.25, 0.3) is 0 Å². The molecular formula is C13H22N4O4S2. The van der Waals surface area contributed by atoms with Crippen LogP contribution in [-0.4, -0.2) is 68.8 Å². The average molecular weight is 362 g/mol. The molecule has 1 aromatic rings. The van der Waals surface area contributed by atoms with Crippen LogP contribution in [0.3, 0.4) is 0 Å². The van der Waals surface area contributed by atoms with E-state index in [9.17, 15) is 13.2 Å². The van der Waals surface area contributed by atoms with Gasteiger partial charge >= 0.3 is 0 Å². The van der Waals surface area contributed by atoms with Crippen LogP contribution in [0.15, 0.2) is 11.6 Å². The van der Waals surface area contributed by atoms with Gasteiger partial charge in [-0.1, -0.05) is 0 Å². The molecule has 1 aliphatic heterocycles. The minimum absolute atomic E-state index is 0.155. The molecule has 23 heavy (non-hydrogen) atoms. The molecule has 1 aliphatic rings. The summed E-state index contributed by atoms with van der Waals surface area (Å²) >= 11 is 1.41. The fraction of sp³-hybridized carbons (Fsp3) is 0.692. The zero-order valence-corrected chi connectivity index (χ0v) is 14.9. The number of sulfonamides is 1. The largest absolute Gasteiger partial charge is 0.383 e. The molecule has 0 unspecified atom stereocenters. The van der Waals surface area contributed by atoms with Gasteiger partial charge < -0.3 is 15.4 Å². The Morgan fingerprint density at radius 2 is 2.17 bits per heavy atom. The molecule has 2 N–H and O–H groups in total. The van der Waals surface area contributed by atoms with E-state index in [2.05, 4.69) is 15.6 Å². The molecule has 0 bridgehead atoms. The number of nitrogens with one attached hydrogen (secondary N) is 2. The third-order valence-electron chi connectivity index (χ3n) is 3.85. The summed E-state index contributed by atoms with van der Waals surface area (Å²) in [5, 5.41) is 8.53. The maximum Gasteiger partial charge on any atom is 0.245 e. The van der Waals surface area contributed by atoms with E-state index < -0.39 is 15.6 Å².